The first-order valence-electron chi connectivity index (χ1n) is 10.6. The Hall–Kier alpha value is -2.31. The van der Waals surface area contributed by atoms with Crippen LogP contribution in [0.5, 0.6) is 0 Å². The summed E-state index contributed by atoms with van der Waals surface area (Å²) >= 11 is 0. The Labute approximate surface area is 176 Å². The van der Waals surface area contributed by atoms with Crippen molar-refractivity contribution >= 4 is 5.91 Å². The van der Waals surface area contributed by atoms with Gasteiger partial charge in [0.15, 0.2) is 0 Å². The minimum atomic E-state index is -0.914. The van der Waals surface area contributed by atoms with Crippen molar-refractivity contribution in [1.29, 1.82) is 0 Å². The quantitative estimate of drug-likeness (QED) is 0.613. The number of hydrogen-bond donors (Lipinski definition) is 3. The van der Waals surface area contributed by atoms with Gasteiger partial charge < -0.3 is 15.7 Å². The molecule has 2 atom stereocenters. The van der Waals surface area contributed by atoms with Gasteiger partial charge in [0.2, 0.25) is 5.91 Å². The highest BCUT2D eigenvalue weighted by atomic mass is 19.1. The molecule has 162 valence electrons. The Bertz CT molecular complexity index is 818. The number of benzene rings is 2. The third-order valence-corrected chi connectivity index (χ3v) is 5.91. The van der Waals surface area contributed by atoms with E-state index in [4.69, 9.17) is 0 Å². The zero-order valence-electron chi connectivity index (χ0n) is 17.3. The van der Waals surface area contributed by atoms with E-state index in [9.17, 15) is 18.7 Å². The van der Waals surface area contributed by atoms with E-state index in [-0.39, 0.29) is 24.4 Å². The number of carbonyl (C=O) groups is 1. The number of aliphatic hydroxyl groups excluding tert-OH is 1. The average molecular weight is 417 g/mol. The van der Waals surface area contributed by atoms with Crippen molar-refractivity contribution in [2.75, 3.05) is 6.54 Å². The molecule has 1 aliphatic rings. The van der Waals surface area contributed by atoms with Crippen LogP contribution in [-0.4, -0.2) is 29.7 Å². The van der Waals surface area contributed by atoms with Gasteiger partial charge in [-0.2, -0.15) is 0 Å². The predicted octanol–water partition coefficient (Wildman–Crippen LogP) is 3.82. The summed E-state index contributed by atoms with van der Waals surface area (Å²) in [5, 5.41) is 17.2. The van der Waals surface area contributed by atoms with E-state index in [0.29, 0.717) is 5.56 Å². The molecule has 2 aromatic carbocycles. The molecule has 1 fully saturated rings. The maximum atomic E-state index is 13.6. The lowest BCUT2D eigenvalue weighted by molar-refractivity contribution is -0.120. The Balaban J connectivity index is 1.73. The highest BCUT2D eigenvalue weighted by molar-refractivity contribution is 5.73. The highest BCUT2D eigenvalue weighted by Gasteiger charge is 2.34. The zero-order valence-corrected chi connectivity index (χ0v) is 17.3. The van der Waals surface area contributed by atoms with Crippen LogP contribution in [0.25, 0.3) is 0 Å². The summed E-state index contributed by atoms with van der Waals surface area (Å²) in [7, 11) is 0. The lowest BCUT2D eigenvalue weighted by atomic mass is 9.76. The van der Waals surface area contributed by atoms with Gasteiger partial charge in [0.1, 0.15) is 11.6 Å². The molecule has 3 N–H and O–H groups in total. The van der Waals surface area contributed by atoms with Gasteiger partial charge in [0, 0.05) is 25.1 Å². The molecular formula is C24H30F2N2O2. The Morgan fingerprint density at radius 1 is 1.07 bits per heavy atom. The average Bonchev–Trinajstić information content (AvgIpc) is 2.72. The molecule has 0 heterocycles. The van der Waals surface area contributed by atoms with Crippen LogP contribution in [0.3, 0.4) is 0 Å². The second-order valence-corrected chi connectivity index (χ2v) is 8.25. The number of halogens is 2. The van der Waals surface area contributed by atoms with E-state index in [0.717, 1.165) is 31.7 Å². The second-order valence-electron chi connectivity index (χ2n) is 8.25. The van der Waals surface area contributed by atoms with Crippen LogP contribution < -0.4 is 10.6 Å². The number of rotatable bonds is 8. The summed E-state index contributed by atoms with van der Waals surface area (Å²) in [6, 6.07) is 12.8. The molecule has 0 saturated heterocycles. The summed E-state index contributed by atoms with van der Waals surface area (Å²) < 4.78 is 27.1. The molecule has 0 spiro atoms. The molecule has 3 rings (SSSR count). The van der Waals surface area contributed by atoms with Crippen molar-refractivity contribution in [3.8, 4) is 0 Å². The van der Waals surface area contributed by atoms with Gasteiger partial charge in [-0.3, -0.25) is 4.79 Å². The summed E-state index contributed by atoms with van der Waals surface area (Å²) in [6.45, 7) is 1.63. The Morgan fingerprint density at radius 2 is 1.70 bits per heavy atom. The minimum Gasteiger partial charge on any atom is -0.390 e. The normalized spacial score (nSPS) is 17.9. The summed E-state index contributed by atoms with van der Waals surface area (Å²) in [5.41, 5.74) is 1.37. The van der Waals surface area contributed by atoms with Crippen LogP contribution in [0.15, 0.2) is 48.5 Å². The molecule has 30 heavy (non-hydrogen) atoms. The van der Waals surface area contributed by atoms with Gasteiger partial charge in [0.25, 0.3) is 0 Å². The standard InChI is InChI=1S/C24H30F2N2O2/c1-17(29)28-22(14-18-12-20(25)15-21(26)13-18)23(30)16-27-24(10-6-3-7-11-24)19-8-4-2-5-9-19/h2,4-5,8-9,12-13,15,22-23,27,30H,3,6-7,10-11,14,16H2,1H3,(H,28,29)/t22-,23+/m0/s1. The molecule has 6 heteroatoms. The Morgan fingerprint density at radius 3 is 2.30 bits per heavy atom. The van der Waals surface area contributed by atoms with Crippen LogP contribution in [-0.2, 0) is 16.8 Å². The van der Waals surface area contributed by atoms with Crippen molar-refractivity contribution in [1.82, 2.24) is 10.6 Å². The number of aliphatic hydroxyl groups is 1. The number of hydrogen-bond acceptors (Lipinski definition) is 3. The molecule has 1 aliphatic carbocycles. The van der Waals surface area contributed by atoms with Gasteiger partial charge in [0.05, 0.1) is 12.1 Å². The molecular weight excluding hydrogens is 386 g/mol. The van der Waals surface area contributed by atoms with Gasteiger partial charge in [-0.25, -0.2) is 8.78 Å². The van der Waals surface area contributed by atoms with Crippen molar-refractivity contribution in [3.05, 3.63) is 71.3 Å². The summed E-state index contributed by atoms with van der Waals surface area (Å²) in [4.78, 5) is 11.7. The minimum absolute atomic E-state index is 0.134. The van der Waals surface area contributed by atoms with Gasteiger partial charge in [-0.1, -0.05) is 49.6 Å². The van der Waals surface area contributed by atoms with Crippen LogP contribution in [0, 0.1) is 11.6 Å². The molecule has 0 unspecified atom stereocenters. The molecule has 2 aromatic rings. The topological polar surface area (TPSA) is 61.4 Å². The maximum absolute atomic E-state index is 13.6. The molecule has 4 nitrogen and oxygen atoms in total. The van der Waals surface area contributed by atoms with E-state index in [1.165, 1.54) is 31.0 Å². The molecule has 0 aromatic heterocycles. The third-order valence-electron chi connectivity index (χ3n) is 5.91. The lowest BCUT2D eigenvalue weighted by Gasteiger charge is -2.40. The first-order chi connectivity index (χ1) is 14.4. The second kappa shape index (κ2) is 10.1. The fourth-order valence-corrected chi connectivity index (χ4v) is 4.45. The molecule has 1 saturated carbocycles. The van der Waals surface area contributed by atoms with E-state index < -0.39 is 23.8 Å². The zero-order chi connectivity index (χ0) is 21.6. The van der Waals surface area contributed by atoms with Crippen LogP contribution >= 0.6 is 0 Å². The van der Waals surface area contributed by atoms with Crippen molar-refractivity contribution in [2.24, 2.45) is 0 Å². The fourth-order valence-electron chi connectivity index (χ4n) is 4.45. The van der Waals surface area contributed by atoms with Gasteiger partial charge in [-0.05, 0) is 42.5 Å². The third kappa shape index (κ3) is 5.86. The number of carbonyl (C=O) groups excluding carboxylic acids is 1. The first kappa shape index (κ1) is 22.4. The number of nitrogens with one attached hydrogen (secondary N) is 2. The van der Waals surface area contributed by atoms with Crippen LogP contribution in [0.1, 0.15) is 50.2 Å². The molecule has 0 radical (unpaired) electrons. The molecule has 1 amide bonds. The monoisotopic (exact) mass is 416 g/mol. The fraction of sp³-hybridized carbons (Fsp3) is 0.458. The SMILES string of the molecule is CC(=O)N[C@@H](Cc1cc(F)cc(F)c1)[C@H](O)CNC1(c2ccccc2)CCCCC1. The first-order valence-corrected chi connectivity index (χ1v) is 10.6. The van der Waals surface area contributed by atoms with Crippen molar-refractivity contribution in [3.63, 3.8) is 0 Å². The lowest BCUT2D eigenvalue weighted by Crippen LogP contribution is -2.53. The summed E-state index contributed by atoms with van der Waals surface area (Å²) in [5.74, 6) is -1.65. The molecule has 0 aliphatic heterocycles. The van der Waals surface area contributed by atoms with Gasteiger partial charge >= 0.3 is 0 Å². The van der Waals surface area contributed by atoms with Crippen LogP contribution in [0.4, 0.5) is 8.78 Å². The summed E-state index contributed by atoms with van der Waals surface area (Å²) in [6.07, 6.45) is 4.58. The van der Waals surface area contributed by atoms with E-state index in [1.807, 2.05) is 18.2 Å². The Kier molecular flexibility index (Phi) is 7.56. The van der Waals surface area contributed by atoms with E-state index >= 15 is 0 Å². The predicted molar refractivity (Wildman–Crippen MR) is 113 cm³/mol. The largest absolute Gasteiger partial charge is 0.390 e. The highest BCUT2D eigenvalue weighted by Crippen LogP contribution is 2.37. The smallest absolute Gasteiger partial charge is 0.217 e. The number of amides is 1. The molecule has 0 bridgehead atoms. The van der Waals surface area contributed by atoms with Crippen molar-refractivity contribution in [2.45, 2.75) is 63.1 Å². The van der Waals surface area contributed by atoms with Crippen molar-refractivity contribution < 1.29 is 18.7 Å². The van der Waals surface area contributed by atoms with E-state index in [1.54, 1.807) is 0 Å². The van der Waals surface area contributed by atoms with Crippen LogP contribution in [0.2, 0.25) is 0 Å². The van der Waals surface area contributed by atoms with E-state index in [2.05, 4.69) is 22.8 Å². The maximum Gasteiger partial charge on any atom is 0.217 e. The van der Waals surface area contributed by atoms with Gasteiger partial charge in [-0.15, -0.1) is 0 Å².